The summed E-state index contributed by atoms with van der Waals surface area (Å²) >= 11 is 0. The molecule has 0 aromatic heterocycles. The molecule has 0 aliphatic rings. The third kappa shape index (κ3) is 6.01. The van der Waals surface area contributed by atoms with Crippen LogP contribution in [0.2, 0.25) is 0 Å². The molecular weight excluding hydrogens is 176 g/mol. The monoisotopic (exact) mass is 183 g/mol. The minimum absolute atomic E-state index is 0. The van der Waals surface area contributed by atoms with Crippen LogP contribution < -0.4 is 0 Å². The van der Waals surface area contributed by atoms with Crippen LogP contribution in [0.4, 0.5) is 0 Å². The Morgan fingerprint density at radius 3 is 1.73 bits per heavy atom. The molecule has 0 atom stereocenters. The summed E-state index contributed by atoms with van der Waals surface area (Å²) in [5.74, 6) is 0. The largest absolute Gasteiger partial charge is 4.00 e. The van der Waals surface area contributed by atoms with Crippen LogP contribution in [-0.2, 0) is 32.7 Å². The van der Waals surface area contributed by atoms with Gasteiger partial charge in [0.05, 0.1) is 0 Å². The second-order valence-corrected chi connectivity index (χ2v) is 1.58. The minimum Gasteiger partial charge on any atom is -2.00 e. The van der Waals surface area contributed by atoms with Gasteiger partial charge in [0.1, 0.15) is 0 Å². The van der Waals surface area contributed by atoms with Crippen molar-refractivity contribution >= 4 is 6.08 Å². The van der Waals surface area contributed by atoms with Gasteiger partial charge in [-0.15, -0.1) is 12.1 Å². The Kier molecular flexibility index (Phi) is 14.7. The molecule has 1 aromatic carbocycles. The van der Waals surface area contributed by atoms with Crippen LogP contribution >= 0.6 is 0 Å². The smallest absolute Gasteiger partial charge is 2.00 e. The first-order valence-corrected chi connectivity index (χ1v) is 2.53. The fourth-order valence-corrected chi connectivity index (χ4v) is 0.564. The minimum atomic E-state index is 0. The van der Waals surface area contributed by atoms with E-state index in [1.807, 2.05) is 30.3 Å². The summed E-state index contributed by atoms with van der Waals surface area (Å²) in [7, 11) is 0. The maximum Gasteiger partial charge on any atom is 4.00 e. The maximum atomic E-state index is 5.22. The number of hydrogen-bond acceptors (Lipinski definition) is 0. The Balaban J connectivity index is -0.000000213. The van der Waals surface area contributed by atoms with Gasteiger partial charge >= 0.3 is 21.7 Å². The Morgan fingerprint density at radius 1 is 1.00 bits per heavy atom. The zero-order valence-corrected chi connectivity index (χ0v) is 7.42. The molecule has 0 N–H and O–H groups in total. The summed E-state index contributed by atoms with van der Waals surface area (Å²) in [6.45, 7) is 5.22. The molecule has 0 saturated heterocycles. The van der Waals surface area contributed by atoms with Gasteiger partial charge in [0.25, 0.3) is 0 Å². The van der Waals surface area contributed by atoms with Crippen molar-refractivity contribution in [3.63, 3.8) is 0 Å². The molecular formula is C8H7O2Ti-. The van der Waals surface area contributed by atoms with Gasteiger partial charge in [0.15, 0.2) is 0 Å². The third-order valence-corrected chi connectivity index (χ3v) is 0.992. The van der Waals surface area contributed by atoms with Gasteiger partial charge in [-0.3, -0.25) is 6.58 Å². The average molecular weight is 183 g/mol. The Morgan fingerprint density at radius 2 is 1.45 bits per heavy atom. The van der Waals surface area contributed by atoms with Gasteiger partial charge < -0.3 is 11.0 Å². The van der Waals surface area contributed by atoms with Gasteiger partial charge in [-0.05, 0) is 0 Å². The fourth-order valence-electron chi connectivity index (χ4n) is 0.564. The molecule has 0 amide bonds. The zero-order chi connectivity index (χ0) is 5.82. The van der Waals surface area contributed by atoms with Gasteiger partial charge in [-0.1, -0.05) is 18.2 Å². The van der Waals surface area contributed by atoms with Crippen molar-refractivity contribution in [2.45, 2.75) is 0 Å². The average Bonchev–Trinajstić information content (AvgIpc) is 1.90. The molecule has 3 heteroatoms. The summed E-state index contributed by atoms with van der Waals surface area (Å²) in [6, 6.07) is 9.80. The summed E-state index contributed by atoms with van der Waals surface area (Å²) in [5.41, 5.74) is 1.06. The summed E-state index contributed by atoms with van der Waals surface area (Å²) in [4.78, 5) is 0. The first kappa shape index (κ1) is 16.9. The van der Waals surface area contributed by atoms with Crippen LogP contribution in [0.15, 0.2) is 30.3 Å². The second kappa shape index (κ2) is 9.59. The van der Waals surface area contributed by atoms with Crippen molar-refractivity contribution in [3.8, 4) is 0 Å². The summed E-state index contributed by atoms with van der Waals surface area (Å²) < 4.78 is 0. The zero-order valence-electron chi connectivity index (χ0n) is 5.86. The molecule has 1 aromatic rings. The fraction of sp³-hybridized carbons (Fsp3) is 0. The van der Waals surface area contributed by atoms with E-state index in [-0.39, 0.29) is 32.7 Å². The van der Waals surface area contributed by atoms with E-state index in [0.717, 1.165) is 5.56 Å². The van der Waals surface area contributed by atoms with Gasteiger partial charge in [-0.25, -0.2) is 6.08 Å². The predicted molar refractivity (Wildman–Crippen MR) is 36.6 cm³/mol. The van der Waals surface area contributed by atoms with Crippen LogP contribution in [0.5, 0.6) is 0 Å². The Labute approximate surface area is 81.4 Å². The number of benzene rings is 1. The molecule has 1 rings (SSSR count). The van der Waals surface area contributed by atoms with Crippen LogP contribution in [0.25, 0.3) is 6.08 Å². The second-order valence-electron chi connectivity index (χ2n) is 1.58. The van der Waals surface area contributed by atoms with E-state index in [0.29, 0.717) is 0 Å². The molecule has 0 unspecified atom stereocenters. The van der Waals surface area contributed by atoms with E-state index >= 15 is 0 Å². The molecule has 0 saturated carbocycles. The summed E-state index contributed by atoms with van der Waals surface area (Å²) in [5, 5.41) is 0. The van der Waals surface area contributed by atoms with Gasteiger partial charge in [0, 0.05) is 0 Å². The molecule has 0 spiro atoms. The van der Waals surface area contributed by atoms with Gasteiger partial charge in [-0.2, -0.15) is 5.56 Å². The van der Waals surface area contributed by atoms with Crippen molar-refractivity contribution < 1.29 is 32.7 Å². The van der Waals surface area contributed by atoms with Crippen LogP contribution in [0.3, 0.4) is 0 Å². The predicted octanol–water partition coefficient (Wildman–Crippen LogP) is 1.89. The van der Waals surface area contributed by atoms with Crippen molar-refractivity contribution in [1.82, 2.24) is 0 Å². The Bertz CT molecular complexity index is 175. The van der Waals surface area contributed by atoms with E-state index < -0.39 is 0 Å². The van der Waals surface area contributed by atoms with Crippen LogP contribution in [0.1, 0.15) is 5.56 Å². The van der Waals surface area contributed by atoms with Crippen LogP contribution in [-0.4, -0.2) is 0 Å². The number of hydrogen-bond donors (Lipinski definition) is 0. The van der Waals surface area contributed by atoms with Crippen molar-refractivity contribution in [3.05, 3.63) is 42.5 Å². The van der Waals surface area contributed by atoms with Crippen LogP contribution in [0, 0.1) is 6.58 Å². The SMILES string of the molecule is [CH-]=Cc1ccccc1.[O-2].[O-2].[Ti+4]. The normalized spacial score (nSPS) is 6.18. The van der Waals surface area contributed by atoms with E-state index in [4.69, 9.17) is 6.58 Å². The quantitative estimate of drug-likeness (QED) is 0.471. The topological polar surface area (TPSA) is 57.0 Å². The molecule has 0 radical (unpaired) electrons. The maximum absolute atomic E-state index is 5.22. The molecule has 2 nitrogen and oxygen atoms in total. The van der Waals surface area contributed by atoms with E-state index in [1.165, 1.54) is 0 Å². The summed E-state index contributed by atoms with van der Waals surface area (Å²) in [6.07, 6.45) is 1.58. The number of rotatable bonds is 1. The Hall–Kier alpha value is -0.406. The first-order chi connectivity index (χ1) is 3.93. The molecule has 0 aliphatic carbocycles. The van der Waals surface area contributed by atoms with Crippen molar-refractivity contribution in [2.24, 2.45) is 0 Å². The molecule has 0 aliphatic heterocycles. The van der Waals surface area contributed by atoms with Gasteiger partial charge in [0.2, 0.25) is 0 Å². The molecule has 11 heavy (non-hydrogen) atoms. The van der Waals surface area contributed by atoms with Crippen molar-refractivity contribution in [1.29, 1.82) is 0 Å². The molecule has 0 heterocycles. The molecule has 0 bridgehead atoms. The van der Waals surface area contributed by atoms with Crippen molar-refractivity contribution in [2.75, 3.05) is 0 Å². The molecule has 56 valence electrons. The van der Waals surface area contributed by atoms with E-state index in [2.05, 4.69) is 0 Å². The third-order valence-electron chi connectivity index (χ3n) is 0.992. The van der Waals surface area contributed by atoms with E-state index in [1.54, 1.807) is 6.08 Å². The first-order valence-electron chi connectivity index (χ1n) is 2.53. The van der Waals surface area contributed by atoms with E-state index in [9.17, 15) is 0 Å². The molecule has 0 fully saturated rings. The standard InChI is InChI=1S/C8H7.2O.Ti/c1-2-8-6-4-3-5-7-8;;;/h1-7H;;;/q-1;2*-2;+4.